The van der Waals surface area contributed by atoms with Gasteiger partial charge in [0, 0.05) is 19.6 Å². The van der Waals surface area contributed by atoms with Gasteiger partial charge in [-0.15, -0.1) is 0 Å². The molecule has 2 amide bonds. The highest BCUT2D eigenvalue weighted by Gasteiger charge is 2.29. The predicted molar refractivity (Wildman–Crippen MR) is 90.9 cm³/mol. The van der Waals surface area contributed by atoms with E-state index in [4.69, 9.17) is 4.74 Å². The van der Waals surface area contributed by atoms with Gasteiger partial charge in [0.25, 0.3) is 0 Å². The van der Waals surface area contributed by atoms with E-state index in [1.54, 1.807) is 4.90 Å². The molecule has 1 atom stereocenters. The summed E-state index contributed by atoms with van der Waals surface area (Å²) in [6, 6.07) is 9.39. The Hall–Kier alpha value is -2.24. The van der Waals surface area contributed by atoms with Gasteiger partial charge in [0.05, 0.1) is 6.04 Å². The van der Waals surface area contributed by atoms with Crippen molar-refractivity contribution < 1.29 is 19.4 Å². The van der Waals surface area contributed by atoms with Crippen molar-refractivity contribution in [3.63, 3.8) is 0 Å². The minimum absolute atomic E-state index is 0.146. The second-order valence-electron chi connectivity index (χ2n) is 6.11. The van der Waals surface area contributed by atoms with Crippen LogP contribution in [0, 0.1) is 0 Å². The van der Waals surface area contributed by atoms with E-state index >= 15 is 0 Å². The first-order valence-electron chi connectivity index (χ1n) is 8.57. The number of benzene rings is 1. The fourth-order valence-electron chi connectivity index (χ4n) is 3.03. The van der Waals surface area contributed by atoms with Crippen LogP contribution in [0.5, 0.6) is 0 Å². The Morgan fingerprint density at radius 2 is 2.04 bits per heavy atom. The van der Waals surface area contributed by atoms with Crippen LogP contribution in [0.3, 0.4) is 0 Å². The van der Waals surface area contributed by atoms with Gasteiger partial charge in [0.2, 0.25) is 0 Å². The first-order valence-corrected chi connectivity index (χ1v) is 8.57. The molecule has 1 saturated heterocycles. The lowest BCUT2D eigenvalue weighted by Gasteiger charge is -2.36. The summed E-state index contributed by atoms with van der Waals surface area (Å²) in [6.07, 6.45) is 2.19. The third-order valence-corrected chi connectivity index (χ3v) is 4.26. The number of ether oxygens (including phenoxy) is 1. The smallest absolute Gasteiger partial charge is 0.410 e. The van der Waals surface area contributed by atoms with Gasteiger partial charge < -0.3 is 19.6 Å². The molecule has 132 valence electrons. The maximum absolute atomic E-state index is 12.4. The summed E-state index contributed by atoms with van der Waals surface area (Å²) in [5.74, 6) is 0. The van der Waals surface area contributed by atoms with Crippen LogP contribution in [0.15, 0.2) is 30.3 Å². The number of carbonyl (C=O) groups excluding carboxylic acids is 1. The summed E-state index contributed by atoms with van der Waals surface area (Å²) in [6.45, 7) is 3.73. The Morgan fingerprint density at radius 3 is 2.71 bits per heavy atom. The summed E-state index contributed by atoms with van der Waals surface area (Å²) in [7, 11) is 0. The van der Waals surface area contributed by atoms with Gasteiger partial charge in [-0.25, -0.2) is 9.59 Å². The Morgan fingerprint density at radius 1 is 1.29 bits per heavy atom. The van der Waals surface area contributed by atoms with E-state index in [1.807, 2.05) is 37.3 Å². The first kappa shape index (κ1) is 18.1. The van der Waals surface area contributed by atoms with Gasteiger partial charge in [-0.3, -0.25) is 0 Å². The SMILES string of the molecule is CCCN(CC1CCCCN1C(=O)O)C(=O)OCc1ccccc1. The molecular weight excluding hydrogens is 308 g/mol. The van der Waals surface area contributed by atoms with E-state index in [-0.39, 0.29) is 18.7 Å². The number of hydrogen-bond donors (Lipinski definition) is 1. The quantitative estimate of drug-likeness (QED) is 0.863. The lowest BCUT2D eigenvalue weighted by Crippen LogP contribution is -2.50. The molecule has 0 aromatic heterocycles. The number of piperidine rings is 1. The van der Waals surface area contributed by atoms with Crippen molar-refractivity contribution in [2.75, 3.05) is 19.6 Å². The van der Waals surface area contributed by atoms with Gasteiger partial charge in [-0.2, -0.15) is 0 Å². The van der Waals surface area contributed by atoms with Gasteiger partial charge in [0.1, 0.15) is 6.61 Å². The van der Waals surface area contributed by atoms with Crippen molar-refractivity contribution in [3.8, 4) is 0 Å². The summed E-state index contributed by atoms with van der Waals surface area (Å²) in [5, 5.41) is 9.33. The van der Waals surface area contributed by atoms with Crippen LogP contribution in [-0.4, -0.2) is 52.8 Å². The third kappa shape index (κ3) is 5.15. The average Bonchev–Trinajstić information content (AvgIpc) is 2.60. The van der Waals surface area contributed by atoms with Crippen LogP contribution in [-0.2, 0) is 11.3 Å². The van der Waals surface area contributed by atoms with E-state index in [2.05, 4.69) is 0 Å². The van der Waals surface area contributed by atoms with Crippen molar-refractivity contribution in [2.24, 2.45) is 0 Å². The van der Waals surface area contributed by atoms with Crippen molar-refractivity contribution >= 4 is 12.2 Å². The van der Waals surface area contributed by atoms with Crippen molar-refractivity contribution in [1.82, 2.24) is 9.80 Å². The average molecular weight is 334 g/mol. The molecule has 1 heterocycles. The normalized spacial score (nSPS) is 17.4. The van der Waals surface area contributed by atoms with Gasteiger partial charge >= 0.3 is 12.2 Å². The van der Waals surface area contributed by atoms with E-state index in [9.17, 15) is 14.7 Å². The highest BCUT2D eigenvalue weighted by Crippen LogP contribution is 2.19. The number of carbonyl (C=O) groups is 2. The van der Waals surface area contributed by atoms with Crippen LogP contribution in [0.25, 0.3) is 0 Å². The van der Waals surface area contributed by atoms with E-state index < -0.39 is 6.09 Å². The van der Waals surface area contributed by atoms with E-state index in [0.717, 1.165) is 31.2 Å². The summed E-state index contributed by atoms with van der Waals surface area (Å²) in [4.78, 5) is 26.9. The molecule has 1 aliphatic heterocycles. The molecule has 0 saturated carbocycles. The number of carboxylic acid groups (broad SMARTS) is 1. The molecule has 1 unspecified atom stereocenters. The highest BCUT2D eigenvalue weighted by atomic mass is 16.6. The Balaban J connectivity index is 1.94. The molecule has 0 bridgehead atoms. The molecule has 6 nitrogen and oxygen atoms in total. The number of likely N-dealkylation sites (tertiary alicyclic amines) is 1. The number of amides is 2. The van der Waals surface area contributed by atoms with E-state index in [0.29, 0.717) is 19.6 Å². The molecule has 24 heavy (non-hydrogen) atoms. The zero-order valence-corrected chi connectivity index (χ0v) is 14.2. The molecule has 0 aliphatic carbocycles. The topological polar surface area (TPSA) is 70.1 Å². The number of hydrogen-bond acceptors (Lipinski definition) is 3. The summed E-state index contributed by atoms with van der Waals surface area (Å²) < 4.78 is 5.40. The highest BCUT2D eigenvalue weighted by molar-refractivity contribution is 5.68. The molecule has 1 fully saturated rings. The minimum atomic E-state index is -0.909. The standard InChI is InChI=1S/C18H26N2O4/c1-2-11-19(13-16-10-6-7-12-20(16)17(21)22)18(23)24-14-15-8-4-3-5-9-15/h3-5,8-9,16H,2,6-7,10-14H2,1H3,(H,21,22). The molecular formula is C18H26N2O4. The molecule has 1 aromatic rings. The van der Waals surface area contributed by atoms with Crippen molar-refractivity contribution in [1.29, 1.82) is 0 Å². The fraction of sp³-hybridized carbons (Fsp3) is 0.556. The molecule has 2 rings (SSSR count). The maximum Gasteiger partial charge on any atom is 0.410 e. The number of nitrogens with zero attached hydrogens (tertiary/aromatic N) is 2. The molecule has 0 spiro atoms. The Bertz CT molecular complexity index is 535. The monoisotopic (exact) mass is 334 g/mol. The number of rotatable bonds is 6. The van der Waals surface area contributed by atoms with Gasteiger partial charge in [-0.1, -0.05) is 37.3 Å². The molecule has 0 radical (unpaired) electrons. The summed E-state index contributed by atoms with van der Waals surface area (Å²) >= 11 is 0. The second-order valence-corrected chi connectivity index (χ2v) is 6.11. The zero-order chi connectivity index (χ0) is 17.4. The van der Waals surface area contributed by atoms with Crippen LogP contribution in [0.1, 0.15) is 38.2 Å². The van der Waals surface area contributed by atoms with Crippen LogP contribution >= 0.6 is 0 Å². The molecule has 1 aliphatic rings. The van der Waals surface area contributed by atoms with Crippen LogP contribution < -0.4 is 0 Å². The van der Waals surface area contributed by atoms with Crippen LogP contribution in [0.2, 0.25) is 0 Å². The second kappa shape index (κ2) is 9.15. The molecule has 1 N–H and O–H groups in total. The Labute approximate surface area is 143 Å². The first-order chi connectivity index (χ1) is 11.6. The lowest BCUT2D eigenvalue weighted by molar-refractivity contribution is 0.0656. The largest absolute Gasteiger partial charge is 0.465 e. The molecule has 1 aromatic carbocycles. The minimum Gasteiger partial charge on any atom is -0.465 e. The fourth-order valence-corrected chi connectivity index (χ4v) is 3.03. The zero-order valence-electron chi connectivity index (χ0n) is 14.2. The van der Waals surface area contributed by atoms with E-state index in [1.165, 1.54) is 4.90 Å². The van der Waals surface area contributed by atoms with Crippen molar-refractivity contribution in [2.45, 2.75) is 45.3 Å². The van der Waals surface area contributed by atoms with Crippen molar-refractivity contribution in [3.05, 3.63) is 35.9 Å². The van der Waals surface area contributed by atoms with Crippen LogP contribution in [0.4, 0.5) is 9.59 Å². The van der Waals surface area contributed by atoms with Gasteiger partial charge in [-0.05, 0) is 31.2 Å². The molecule has 6 heteroatoms. The summed E-state index contributed by atoms with van der Waals surface area (Å²) in [5.41, 5.74) is 0.937. The maximum atomic E-state index is 12.4. The predicted octanol–water partition coefficient (Wildman–Crippen LogP) is 3.57. The Kier molecular flexibility index (Phi) is 6.90. The van der Waals surface area contributed by atoms with Gasteiger partial charge in [0.15, 0.2) is 0 Å². The third-order valence-electron chi connectivity index (χ3n) is 4.26. The lowest BCUT2D eigenvalue weighted by atomic mass is 10.0.